The molecule has 79 heavy (non-hydrogen) atoms. The molecule has 0 bridgehead atoms. The monoisotopic (exact) mass is 1100 g/mol. The molecule has 7 nitrogen and oxygen atoms in total. The quantitative estimate of drug-likeness (QED) is 0.0268. The van der Waals surface area contributed by atoms with Gasteiger partial charge in [-0.05, 0) is 50.1 Å². The molecule has 0 heterocycles. The molecule has 0 spiro atoms. The van der Waals surface area contributed by atoms with Crippen LogP contribution in [0.3, 0.4) is 0 Å². The van der Waals surface area contributed by atoms with E-state index in [1.54, 1.807) is 35.3 Å². The lowest BCUT2D eigenvalue weighted by molar-refractivity contribution is -0.142. The maximum absolute atomic E-state index is 14.3. The van der Waals surface area contributed by atoms with Gasteiger partial charge in [0.2, 0.25) is 17.7 Å². The van der Waals surface area contributed by atoms with Crippen molar-refractivity contribution in [2.24, 2.45) is 5.92 Å². The summed E-state index contributed by atoms with van der Waals surface area (Å²) in [7, 11) is 0. The van der Waals surface area contributed by atoms with Crippen molar-refractivity contribution in [2.75, 3.05) is 37.0 Å². The molecule has 0 aliphatic carbocycles. The number of carbonyl (C=O) groups excluding carboxylic acids is 3. The van der Waals surface area contributed by atoms with Gasteiger partial charge in [0, 0.05) is 43.2 Å². The minimum Gasteiger partial charge on any atom is -0.355 e. The van der Waals surface area contributed by atoms with Gasteiger partial charge in [0.15, 0.2) is 0 Å². The van der Waals surface area contributed by atoms with Crippen LogP contribution in [0.4, 0.5) is 0 Å². The van der Waals surface area contributed by atoms with Crippen molar-refractivity contribution in [1.82, 2.24) is 16.1 Å². The zero-order valence-electron chi connectivity index (χ0n) is 44.1. The summed E-state index contributed by atoms with van der Waals surface area (Å²) in [6, 6.07) is 93.9. The largest absolute Gasteiger partial charge is 0.355 e. The Hall–Kier alpha value is -7.60. The van der Waals surface area contributed by atoms with E-state index in [9.17, 15) is 14.4 Å². The summed E-state index contributed by atoms with van der Waals surface area (Å²) in [6.07, 6.45) is -0.424. The van der Waals surface area contributed by atoms with Crippen LogP contribution < -0.4 is 16.1 Å². The predicted molar refractivity (Wildman–Crippen MR) is 328 cm³/mol. The number of hydrogen-bond donors (Lipinski definition) is 3. The summed E-state index contributed by atoms with van der Waals surface area (Å²) < 4.78 is -1.69. The first-order chi connectivity index (χ1) is 38.9. The normalized spacial score (nSPS) is 11.7. The number of hydrogen-bond acceptors (Lipinski definition) is 7. The summed E-state index contributed by atoms with van der Waals surface area (Å²) in [6.45, 7) is 0.838. The van der Waals surface area contributed by atoms with Gasteiger partial charge in [-0.2, -0.15) is 0 Å². The highest BCUT2D eigenvalue weighted by Crippen LogP contribution is 2.51. The molecular formula is C69H65N3O4S3. The van der Waals surface area contributed by atoms with E-state index in [1.807, 2.05) is 54.6 Å². The van der Waals surface area contributed by atoms with Gasteiger partial charge < -0.3 is 10.6 Å². The van der Waals surface area contributed by atoms with Crippen molar-refractivity contribution in [2.45, 2.75) is 27.1 Å². The van der Waals surface area contributed by atoms with Crippen LogP contribution in [-0.2, 0) is 33.5 Å². The Kier molecular flexibility index (Phi) is 20.1. The highest BCUT2D eigenvalue weighted by molar-refractivity contribution is 8.01. The molecule has 398 valence electrons. The van der Waals surface area contributed by atoms with Crippen LogP contribution in [0, 0.1) is 5.92 Å². The van der Waals surface area contributed by atoms with Crippen LogP contribution in [0.1, 0.15) is 62.9 Å². The molecule has 0 radical (unpaired) electrons. The van der Waals surface area contributed by atoms with Gasteiger partial charge >= 0.3 is 0 Å². The SMILES string of the molecule is O=C(CC(CC(=O)NCCSC(c1ccccc1)(c1ccccc1)c1ccccc1)C(=O)NOCCSC(c1ccccc1)(c1ccccc1)c1ccccc1)NCCSC(c1ccccc1)(c1ccccc1)c1ccccc1. The first-order valence-electron chi connectivity index (χ1n) is 26.8. The number of thioether (sulfide) groups is 3. The van der Waals surface area contributed by atoms with E-state index in [2.05, 4.69) is 235 Å². The number of nitrogens with one attached hydrogen (secondary N) is 3. The van der Waals surface area contributed by atoms with Crippen molar-refractivity contribution in [3.8, 4) is 0 Å². The molecule has 9 aromatic rings. The van der Waals surface area contributed by atoms with Crippen LogP contribution in [-0.4, -0.2) is 54.7 Å². The minimum atomic E-state index is -1.01. The molecule has 0 aliphatic heterocycles. The van der Waals surface area contributed by atoms with Crippen LogP contribution in [0.25, 0.3) is 0 Å². The Labute approximate surface area is 478 Å². The number of benzene rings is 9. The lowest BCUT2D eigenvalue weighted by Gasteiger charge is -2.35. The predicted octanol–water partition coefficient (Wildman–Crippen LogP) is 13.8. The average Bonchev–Trinajstić information content (AvgIpc) is 3.63. The Bertz CT molecular complexity index is 2820. The second kappa shape index (κ2) is 28.3. The van der Waals surface area contributed by atoms with E-state index in [0.717, 1.165) is 50.1 Å². The molecule has 0 fully saturated rings. The number of hydroxylamine groups is 1. The van der Waals surface area contributed by atoms with E-state index in [0.29, 0.717) is 30.3 Å². The summed E-state index contributed by atoms with van der Waals surface area (Å²) in [5.74, 6) is -0.583. The molecule has 10 heteroatoms. The highest BCUT2D eigenvalue weighted by atomic mass is 32.2. The van der Waals surface area contributed by atoms with E-state index in [4.69, 9.17) is 4.84 Å². The van der Waals surface area contributed by atoms with Gasteiger partial charge in [0.25, 0.3) is 0 Å². The fraction of sp³-hybridized carbons (Fsp3) is 0.174. The van der Waals surface area contributed by atoms with Crippen molar-refractivity contribution >= 4 is 53.0 Å². The molecule has 9 aromatic carbocycles. The molecule has 0 atom stereocenters. The zero-order valence-corrected chi connectivity index (χ0v) is 46.5. The van der Waals surface area contributed by atoms with E-state index >= 15 is 0 Å². The fourth-order valence-corrected chi connectivity index (χ4v) is 14.6. The van der Waals surface area contributed by atoms with Gasteiger partial charge in [-0.3, -0.25) is 19.2 Å². The van der Waals surface area contributed by atoms with E-state index < -0.39 is 26.1 Å². The third kappa shape index (κ3) is 13.6. The Balaban J connectivity index is 0.892. The van der Waals surface area contributed by atoms with E-state index in [-0.39, 0.29) is 31.3 Å². The first kappa shape index (κ1) is 56.1. The molecule has 0 aromatic heterocycles. The van der Waals surface area contributed by atoms with E-state index in [1.165, 1.54) is 0 Å². The summed E-state index contributed by atoms with van der Waals surface area (Å²) >= 11 is 5.21. The van der Waals surface area contributed by atoms with Crippen LogP contribution in [0.2, 0.25) is 0 Å². The fourth-order valence-electron chi connectivity index (χ4n) is 10.4. The third-order valence-corrected chi connectivity index (χ3v) is 18.6. The maximum atomic E-state index is 14.3. The van der Waals surface area contributed by atoms with Crippen molar-refractivity contribution < 1.29 is 19.2 Å². The zero-order chi connectivity index (χ0) is 54.4. The molecule has 0 saturated carbocycles. The van der Waals surface area contributed by atoms with Crippen LogP contribution >= 0.6 is 35.3 Å². The Morgan fingerprint density at radius 1 is 0.329 bits per heavy atom. The molecule has 3 N–H and O–H groups in total. The molecule has 0 unspecified atom stereocenters. The number of amides is 3. The lowest BCUT2D eigenvalue weighted by Crippen LogP contribution is -2.39. The van der Waals surface area contributed by atoms with Gasteiger partial charge in [0.05, 0.1) is 26.8 Å². The highest BCUT2D eigenvalue weighted by Gasteiger charge is 2.39. The van der Waals surface area contributed by atoms with Crippen molar-refractivity contribution in [1.29, 1.82) is 0 Å². The summed E-state index contributed by atoms with van der Waals surface area (Å²) in [5.41, 5.74) is 12.8. The molecule has 3 amide bonds. The van der Waals surface area contributed by atoms with Crippen LogP contribution in [0.5, 0.6) is 0 Å². The molecule has 0 aliphatic rings. The first-order valence-corrected chi connectivity index (χ1v) is 29.8. The smallest absolute Gasteiger partial charge is 0.247 e. The third-order valence-electron chi connectivity index (χ3n) is 14.0. The second-order valence-corrected chi connectivity index (χ2v) is 22.9. The van der Waals surface area contributed by atoms with Gasteiger partial charge in [-0.15, -0.1) is 35.3 Å². The summed E-state index contributed by atoms with van der Waals surface area (Å²) in [5, 5.41) is 6.21. The van der Waals surface area contributed by atoms with Crippen molar-refractivity contribution in [3.05, 3.63) is 323 Å². The lowest BCUT2D eigenvalue weighted by atomic mass is 9.84. The van der Waals surface area contributed by atoms with Gasteiger partial charge in [0.1, 0.15) is 0 Å². The maximum Gasteiger partial charge on any atom is 0.247 e. The summed E-state index contributed by atoms with van der Waals surface area (Å²) in [4.78, 5) is 48.4. The molecule has 0 saturated heterocycles. The molecule has 9 rings (SSSR count). The second-order valence-electron chi connectivity index (χ2n) is 19.0. The average molecular weight is 1100 g/mol. The van der Waals surface area contributed by atoms with Crippen LogP contribution in [0.15, 0.2) is 273 Å². The van der Waals surface area contributed by atoms with Gasteiger partial charge in [-0.1, -0.05) is 273 Å². The topological polar surface area (TPSA) is 96.5 Å². The Morgan fingerprint density at radius 2 is 0.544 bits per heavy atom. The standard InChI is InChI=1S/C69H65N3O4S3/c73-64(70-46-49-77-67(55-28-10-1-11-29-55,56-30-12-2-13-31-56)57-32-14-3-15-33-57)52-54(53-65(74)71-47-50-78-68(58-34-16-4-17-35-58,59-36-18-5-19-37-59)60-38-20-6-21-39-60)66(75)72-76-48-51-79-69(61-40-22-7-23-41-61,62-42-24-8-25-43-62)63-44-26-9-27-45-63/h1-45,54H,46-53H2,(H,70,73)(H,71,74)(H,72,75). The molecular weight excluding hydrogens is 1030 g/mol. The van der Waals surface area contributed by atoms with Gasteiger partial charge in [-0.25, -0.2) is 5.48 Å². The minimum absolute atomic E-state index is 0.169. The van der Waals surface area contributed by atoms with Crippen molar-refractivity contribution in [3.63, 3.8) is 0 Å². The number of carbonyl (C=O) groups is 3. The number of rotatable bonds is 27. The Morgan fingerprint density at radius 3 is 0.772 bits per heavy atom.